The Labute approximate surface area is 120 Å². The zero-order valence-electron chi connectivity index (χ0n) is 12.6. The van der Waals surface area contributed by atoms with Gasteiger partial charge in [-0.25, -0.2) is 0 Å². The van der Waals surface area contributed by atoms with Crippen LogP contribution in [-0.4, -0.2) is 29.8 Å². The zero-order chi connectivity index (χ0) is 15.0. The summed E-state index contributed by atoms with van der Waals surface area (Å²) in [6.45, 7) is 6.30. The molecule has 2 atom stereocenters. The number of carbonyl (C=O) groups excluding carboxylic acids is 1. The van der Waals surface area contributed by atoms with Crippen LogP contribution in [-0.2, 0) is 16.0 Å². The third-order valence-electron chi connectivity index (χ3n) is 4.89. The van der Waals surface area contributed by atoms with Gasteiger partial charge in [-0.05, 0) is 31.0 Å². The van der Waals surface area contributed by atoms with Crippen LogP contribution in [0.1, 0.15) is 32.8 Å². The van der Waals surface area contributed by atoms with Crippen molar-refractivity contribution in [2.45, 2.75) is 45.3 Å². The molecule has 0 bridgehead atoms. The largest absolute Gasteiger partial charge is 0.508 e. The second-order valence-corrected chi connectivity index (χ2v) is 6.33. The van der Waals surface area contributed by atoms with Gasteiger partial charge in [0.05, 0.1) is 12.0 Å². The van der Waals surface area contributed by atoms with E-state index in [0.717, 1.165) is 12.0 Å². The van der Waals surface area contributed by atoms with Gasteiger partial charge in [0.1, 0.15) is 5.75 Å². The maximum Gasteiger partial charge on any atom is 0.224 e. The van der Waals surface area contributed by atoms with Crippen LogP contribution in [0.2, 0.25) is 0 Å². The van der Waals surface area contributed by atoms with E-state index in [-0.39, 0.29) is 35.1 Å². The summed E-state index contributed by atoms with van der Waals surface area (Å²) in [5, 5.41) is 12.5. The lowest BCUT2D eigenvalue weighted by Crippen LogP contribution is -2.68. The van der Waals surface area contributed by atoms with Crippen LogP contribution in [0.5, 0.6) is 5.75 Å². The van der Waals surface area contributed by atoms with E-state index >= 15 is 0 Å². The Hall–Kier alpha value is -1.55. The number of ether oxygens (including phenoxy) is 1. The van der Waals surface area contributed by atoms with Gasteiger partial charge in [0, 0.05) is 18.6 Å². The van der Waals surface area contributed by atoms with E-state index in [1.165, 1.54) is 0 Å². The number of amides is 1. The number of methoxy groups -OCH3 is 1. The summed E-state index contributed by atoms with van der Waals surface area (Å²) in [5.74, 6) is 0.165. The average molecular weight is 277 g/mol. The first-order valence-electron chi connectivity index (χ1n) is 6.91. The van der Waals surface area contributed by atoms with Crippen molar-refractivity contribution in [3.8, 4) is 5.75 Å². The predicted octanol–water partition coefficient (Wildman–Crippen LogP) is 2.25. The maximum atomic E-state index is 12.1. The molecule has 0 radical (unpaired) electrons. The fraction of sp³-hybridized carbons (Fsp3) is 0.562. The van der Waals surface area contributed by atoms with E-state index in [2.05, 4.69) is 26.1 Å². The van der Waals surface area contributed by atoms with Crippen LogP contribution in [0.15, 0.2) is 24.3 Å². The predicted molar refractivity (Wildman–Crippen MR) is 77.6 cm³/mol. The Morgan fingerprint density at radius 3 is 2.70 bits per heavy atom. The fourth-order valence-corrected chi connectivity index (χ4v) is 2.82. The molecule has 4 nitrogen and oxygen atoms in total. The van der Waals surface area contributed by atoms with Crippen molar-refractivity contribution in [2.75, 3.05) is 7.11 Å². The number of carbonyl (C=O) groups is 1. The topological polar surface area (TPSA) is 58.6 Å². The van der Waals surface area contributed by atoms with Gasteiger partial charge in [0.25, 0.3) is 0 Å². The van der Waals surface area contributed by atoms with Gasteiger partial charge in [-0.15, -0.1) is 0 Å². The number of phenols is 1. The molecule has 0 unspecified atom stereocenters. The van der Waals surface area contributed by atoms with E-state index in [1.54, 1.807) is 25.3 Å². The second-order valence-electron chi connectivity index (χ2n) is 6.33. The summed E-state index contributed by atoms with van der Waals surface area (Å²) in [5.41, 5.74) is 0.542. The van der Waals surface area contributed by atoms with Gasteiger partial charge in [-0.3, -0.25) is 4.79 Å². The standard InChI is InChI=1S/C16H23NO3/c1-15(2)13(10-16(15,3)20-4)17-14(19)9-11-6-5-7-12(18)8-11/h5-8,13,18H,9-10H2,1-4H3,(H,17,19)/t13-,16-/m0/s1. The molecule has 1 amide bonds. The Morgan fingerprint density at radius 2 is 2.15 bits per heavy atom. The smallest absolute Gasteiger partial charge is 0.224 e. The molecule has 1 aromatic rings. The van der Waals surface area contributed by atoms with Crippen molar-refractivity contribution < 1.29 is 14.6 Å². The van der Waals surface area contributed by atoms with Crippen LogP contribution in [0.3, 0.4) is 0 Å². The van der Waals surface area contributed by atoms with Crippen molar-refractivity contribution in [3.63, 3.8) is 0 Å². The summed E-state index contributed by atoms with van der Waals surface area (Å²) in [4.78, 5) is 12.1. The molecule has 110 valence electrons. The SMILES string of the molecule is CO[C@@]1(C)C[C@H](NC(=O)Cc2cccc(O)c2)C1(C)C. The fourth-order valence-electron chi connectivity index (χ4n) is 2.82. The number of hydrogen-bond donors (Lipinski definition) is 2. The first kappa shape index (κ1) is 14.9. The minimum absolute atomic E-state index is 0.0215. The third kappa shape index (κ3) is 2.52. The lowest BCUT2D eigenvalue weighted by Gasteiger charge is -2.59. The highest BCUT2D eigenvalue weighted by molar-refractivity contribution is 5.79. The maximum absolute atomic E-state index is 12.1. The number of aromatic hydroxyl groups is 1. The third-order valence-corrected chi connectivity index (χ3v) is 4.89. The monoisotopic (exact) mass is 277 g/mol. The Morgan fingerprint density at radius 1 is 1.45 bits per heavy atom. The Bertz CT molecular complexity index is 512. The van der Waals surface area contributed by atoms with Crippen LogP contribution in [0.4, 0.5) is 0 Å². The van der Waals surface area contributed by atoms with Gasteiger partial charge in [-0.1, -0.05) is 26.0 Å². The van der Waals surface area contributed by atoms with E-state index in [9.17, 15) is 9.90 Å². The van der Waals surface area contributed by atoms with Crippen molar-refractivity contribution in [1.29, 1.82) is 0 Å². The summed E-state index contributed by atoms with van der Waals surface area (Å²) in [6, 6.07) is 6.92. The van der Waals surface area contributed by atoms with Crippen LogP contribution in [0.25, 0.3) is 0 Å². The van der Waals surface area contributed by atoms with Gasteiger partial charge >= 0.3 is 0 Å². The molecular formula is C16H23NO3. The lowest BCUT2D eigenvalue weighted by atomic mass is 9.56. The molecular weight excluding hydrogens is 254 g/mol. The average Bonchev–Trinajstić information content (AvgIpc) is 2.37. The quantitative estimate of drug-likeness (QED) is 0.887. The van der Waals surface area contributed by atoms with Gasteiger partial charge in [0.2, 0.25) is 5.91 Å². The highest BCUT2D eigenvalue weighted by atomic mass is 16.5. The van der Waals surface area contributed by atoms with E-state index in [4.69, 9.17) is 4.74 Å². The van der Waals surface area contributed by atoms with Crippen LogP contribution >= 0.6 is 0 Å². The number of phenolic OH excluding ortho intramolecular Hbond substituents is 1. The number of nitrogens with one attached hydrogen (secondary N) is 1. The highest BCUT2D eigenvalue weighted by Gasteiger charge is 2.58. The molecule has 0 aliphatic heterocycles. The normalized spacial score (nSPS) is 27.7. The summed E-state index contributed by atoms with van der Waals surface area (Å²) >= 11 is 0. The molecule has 1 saturated carbocycles. The van der Waals surface area contributed by atoms with Gasteiger partial charge < -0.3 is 15.2 Å². The van der Waals surface area contributed by atoms with E-state index in [0.29, 0.717) is 0 Å². The molecule has 2 rings (SSSR count). The number of hydrogen-bond acceptors (Lipinski definition) is 3. The molecule has 20 heavy (non-hydrogen) atoms. The lowest BCUT2D eigenvalue weighted by molar-refractivity contribution is -0.182. The van der Waals surface area contributed by atoms with Crippen molar-refractivity contribution in [1.82, 2.24) is 5.32 Å². The van der Waals surface area contributed by atoms with Crippen molar-refractivity contribution in [2.24, 2.45) is 5.41 Å². The molecule has 2 N–H and O–H groups in total. The molecule has 0 spiro atoms. The first-order chi connectivity index (χ1) is 9.28. The highest BCUT2D eigenvalue weighted by Crippen LogP contribution is 2.51. The molecule has 1 aliphatic rings. The van der Waals surface area contributed by atoms with E-state index in [1.807, 2.05) is 6.07 Å². The van der Waals surface area contributed by atoms with Crippen molar-refractivity contribution >= 4 is 5.91 Å². The van der Waals surface area contributed by atoms with Crippen LogP contribution < -0.4 is 5.32 Å². The molecule has 0 aromatic heterocycles. The molecule has 1 aliphatic carbocycles. The molecule has 0 heterocycles. The minimum atomic E-state index is -0.185. The summed E-state index contributed by atoms with van der Waals surface area (Å²) in [7, 11) is 1.71. The molecule has 0 saturated heterocycles. The molecule has 1 aromatic carbocycles. The molecule has 4 heteroatoms. The minimum Gasteiger partial charge on any atom is -0.508 e. The summed E-state index contributed by atoms with van der Waals surface area (Å²) < 4.78 is 5.55. The van der Waals surface area contributed by atoms with Crippen molar-refractivity contribution in [3.05, 3.63) is 29.8 Å². The zero-order valence-corrected chi connectivity index (χ0v) is 12.6. The number of rotatable bonds is 4. The second kappa shape index (κ2) is 5.09. The van der Waals surface area contributed by atoms with E-state index < -0.39 is 0 Å². The Kier molecular flexibility index (Phi) is 3.78. The number of benzene rings is 1. The summed E-state index contributed by atoms with van der Waals surface area (Å²) in [6.07, 6.45) is 1.10. The Balaban J connectivity index is 1.94. The van der Waals surface area contributed by atoms with Crippen LogP contribution in [0, 0.1) is 5.41 Å². The molecule has 1 fully saturated rings. The first-order valence-corrected chi connectivity index (χ1v) is 6.91. The van der Waals surface area contributed by atoms with Gasteiger partial charge in [-0.2, -0.15) is 0 Å². The van der Waals surface area contributed by atoms with Gasteiger partial charge in [0.15, 0.2) is 0 Å².